The topological polar surface area (TPSA) is 118 Å². The number of nitrogens with zero attached hydrogens (tertiary/aromatic N) is 2. The van der Waals surface area contributed by atoms with Gasteiger partial charge in [-0.25, -0.2) is 0 Å². The molecule has 4 heterocycles. The lowest BCUT2D eigenvalue weighted by atomic mass is 9.49. The van der Waals surface area contributed by atoms with Crippen LogP contribution in [-0.2, 0) is 33.3 Å². The summed E-state index contributed by atoms with van der Waals surface area (Å²) in [7, 11) is 7.34. The van der Waals surface area contributed by atoms with Gasteiger partial charge in [0.15, 0.2) is 46.8 Å². The fraction of sp³-hybridized carbons (Fsp3) is 0.556. The minimum atomic E-state index is -1.08. The summed E-state index contributed by atoms with van der Waals surface area (Å²) in [5.74, 6) is 2.69. The van der Waals surface area contributed by atoms with Crippen LogP contribution in [0.4, 0.5) is 0 Å². The number of carbonyl (C=O) groups excluding carboxylic acids is 2. The maximum absolute atomic E-state index is 12.7. The van der Waals surface area contributed by atoms with Crippen molar-refractivity contribution < 1.29 is 38.7 Å². The van der Waals surface area contributed by atoms with Crippen molar-refractivity contribution >= 4 is 11.6 Å². The van der Waals surface area contributed by atoms with Crippen molar-refractivity contribution in [3.8, 4) is 23.0 Å². The summed E-state index contributed by atoms with van der Waals surface area (Å²) in [4.78, 5) is 29.7. The first kappa shape index (κ1) is 28.8. The number of aliphatic hydroxyl groups is 2. The lowest BCUT2D eigenvalue weighted by Crippen LogP contribution is -2.76. The standard InChI is InChI=1S/C18H21NO4.C18H19NO4/c2*1-19-8-7-17-14-10-3-4-12(22-2)15(14)23-16(17)11(20)5-6-18(17,21)13(19)9-10/h3-4,13,16,21H,5-9H2,1-2H3;3-6,13,16,21H,7-9H2,1-2H3/t2*13-,16+,17+,18-/m11/s1. The predicted octanol–water partition coefficient (Wildman–Crippen LogP) is 1.87. The van der Waals surface area contributed by atoms with Crippen molar-refractivity contribution in [2.24, 2.45) is 0 Å². The van der Waals surface area contributed by atoms with E-state index in [1.54, 1.807) is 20.3 Å². The highest BCUT2D eigenvalue weighted by atomic mass is 16.5. The van der Waals surface area contributed by atoms with E-state index < -0.39 is 34.2 Å². The van der Waals surface area contributed by atoms with E-state index in [4.69, 9.17) is 18.9 Å². The number of ether oxygens (including phenoxy) is 4. The summed E-state index contributed by atoms with van der Waals surface area (Å²) in [6.45, 7) is 1.71. The minimum Gasteiger partial charge on any atom is -0.493 e. The maximum Gasteiger partial charge on any atom is 0.196 e. The molecule has 2 saturated heterocycles. The lowest BCUT2D eigenvalue weighted by Gasteiger charge is -2.62. The van der Waals surface area contributed by atoms with Crippen molar-refractivity contribution in [2.75, 3.05) is 41.4 Å². The molecule has 0 amide bonds. The second-order valence-electron chi connectivity index (χ2n) is 14.6. The van der Waals surface area contributed by atoms with Crippen LogP contribution >= 0.6 is 0 Å². The molecule has 4 bridgehead atoms. The van der Waals surface area contributed by atoms with E-state index >= 15 is 0 Å². The zero-order valence-electron chi connectivity index (χ0n) is 26.7. The van der Waals surface area contributed by atoms with Crippen molar-refractivity contribution in [2.45, 2.75) is 84.8 Å². The fourth-order valence-electron chi connectivity index (χ4n) is 11.0. The van der Waals surface area contributed by atoms with Crippen LogP contribution in [0, 0.1) is 0 Å². The molecule has 4 aliphatic heterocycles. The van der Waals surface area contributed by atoms with Gasteiger partial charge in [0.1, 0.15) is 5.60 Å². The Kier molecular flexibility index (Phi) is 5.70. The van der Waals surface area contributed by atoms with Gasteiger partial charge in [-0.3, -0.25) is 14.5 Å². The van der Waals surface area contributed by atoms with Gasteiger partial charge in [-0.2, -0.15) is 0 Å². The number of piperidine rings is 2. The van der Waals surface area contributed by atoms with Gasteiger partial charge in [0.05, 0.1) is 30.7 Å². The molecule has 10 rings (SSSR count). The van der Waals surface area contributed by atoms with Gasteiger partial charge in [0.2, 0.25) is 0 Å². The van der Waals surface area contributed by atoms with Crippen LogP contribution in [0.5, 0.6) is 23.0 Å². The highest BCUT2D eigenvalue weighted by Gasteiger charge is 2.73. The molecule has 2 aromatic rings. The largest absolute Gasteiger partial charge is 0.493 e. The Hall–Kier alpha value is -3.44. The van der Waals surface area contributed by atoms with Gasteiger partial charge >= 0.3 is 0 Å². The Morgan fingerprint density at radius 2 is 1.35 bits per heavy atom. The van der Waals surface area contributed by atoms with E-state index in [2.05, 4.69) is 29.0 Å². The maximum atomic E-state index is 12.7. The second-order valence-corrected chi connectivity index (χ2v) is 14.6. The molecule has 8 aliphatic rings. The lowest BCUT2D eigenvalue weighted by molar-refractivity contribution is -0.185. The Balaban J connectivity index is 0.000000127. The number of likely N-dealkylation sites (tertiary alicyclic amines) is 2. The van der Waals surface area contributed by atoms with Crippen LogP contribution in [0.1, 0.15) is 47.9 Å². The van der Waals surface area contributed by atoms with E-state index in [1.807, 2.05) is 19.2 Å². The number of benzene rings is 2. The third-order valence-electron chi connectivity index (χ3n) is 13.1. The Morgan fingerprint density at radius 1 is 0.783 bits per heavy atom. The molecular formula is C36H40N2O8. The third kappa shape index (κ3) is 3.04. The average Bonchev–Trinajstić information content (AvgIpc) is 3.59. The van der Waals surface area contributed by atoms with Crippen LogP contribution in [0.25, 0.3) is 0 Å². The summed E-state index contributed by atoms with van der Waals surface area (Å²) in [5, 5.41) is 23.4. The molecule has 8 atom stereocenters. The van der Waals surface area contributed by atoms with Gasteiger partial charge in [0, 0.05) is 29.6 Å². The van der Waals surface area contributed by atoms with Crippen molar-refractivity contribution in [3.05, 3.63) is 58.7 Å². The zero-order valence-corrected chi connectivity index (χ0v) is 26.7. The van der Waals surface area contributed by atoms with E-state index in [1.165, 1.54) is 11.6 Å². The zero-order chi connectivity index (χ0) is 32.0. The molecule has 46 heavy (non-hydrogen) atoms. The van der Waals surface area contributed by atoms with Gasteiger partial charge in [-0.15, -0.1) is 0 Å². The molecule has 3 fully saturated rings. The van der Waals surface area contributed by atoms with E-state index in [0.717, 1.165) is 49.0 Å². The van der Waals surface area contributed by atoms with Crippen LogP contribution in [0.15, 0.2) is 36.4 Å². The molecule has 4 aliphatic carbocycles. The molecule has 0 aromatic heterocycles. The summed E-state index contributed by atoms with van der Waals surface area (Å²) in [6, 6.07) is 7.96. The van der Waals surface area contributed by atoms with E-state index in [9.17, 15) is 19.8 Å². The SMILES string of the molecule is COc1ccc2c3c1O[C@H]1C(=O)C=C[C@@]4(O)[C@@H](C2)N(C)CC[C@]314.COc1ccc2c3c1O[C@H]1C(=O)CC[C@@]4(O)[C@@H](C2)N(C)CC[C@]314. The molecule has 2 spiro atoms. The first-order valence-corrected chi connectivity index (χ1v) is 16.4. The average molecular weight is 629 g/mol. The third-order valence-corrected chi connectivity index (χ3v) is 13.1. The minimum absolute atomic E-state index is 0.0430. The smallest absolute Gasteiger partial charge is 0.196 e. The van der Waals surface area contributed by atoms with Crippen molar-refractivity contribution in [1.82, 2.24) is 9.80 Å². The van der Waals surface area contributed by atoms with E-state index in [-0.39, 0.29) is 23.7 Å². The highest BCUT2D eigenvalue weighted by molar-refractivity contribution is 5.99. The van der Waals surface area contributed by atoms with Crippen molar-refractivity contribution in [3.63, 3.8) is 0 Å². The Bertz CT molecular complexity index is 1740. The quantitative estimate of drug-likeness (QED) is 0.511. The molecule has 2 aromatic carbocycles. The molecule has 0 radical (unpaired) electrons. The molecule has 2 N–H and O–H groups in total. The predicted molar refractivity (Wildman–Crippen MR) is 166 cm³/mol. The van der Waals surface area contributed by atoms with Crippen molar-refractivity contribution in [1.29, 1.82) is 0 Å². The van der Waals surface area contributed by atoms with Crippen LogP contribution in [0.3, 0.4) is 0 Å². The summed E-state index contributed by atoms with van der Waals surface area (Å²) >= 11 is 0. The van der Waals surface area contributed by atoms with Gasteiger partial charge in [-0.1, -0.05) is 12.1 Å². The number of carbonyl (C=O) groups is 2. The summed E-state index contributed by atoms with van der Waals surface area (Å²) in [6.07, 6.45) is 5.90. The van der Waals surface area contributed by atoms with E-state index in [0.29, 0.717) is 42.3 Å². The molecule has 242 valence electrons. The number of methoxy groups -OCH3 is 2. The summed E-state index contributed by atoms with van der Waals surface area (Å²) < 4.78 is 23.2. The van der Waals surface area contributed by atoms with Gasteiger partial charge in [0.25, 0.3) is 0 Å². The molecule has 0 unspecified atom stereocenters. The van der Waals surface area contributed by atoms with Crippen LogP contribution < -0.4 is 18.9 Å². The number of hydrogen-bond acceptors (Lipinski definition) is 10. The Morgan fingerprint density at radius 3 is 2.00 bits per heavy atom. The number of ketones is 2. The molecular weight excluding hydrogens is 588 g/mol. The van der Waals surface area contributed by atoms with Crippen LogP contribution in [-0.4, -0.2) is 108 Å². The Labute approximate surface area is 267 Å². The van der Waals surface area contributed by atoms with Crippen LogP contribution in [0.2, 0.25) is 0 Å². The molecule has 10 nitrogen and oxygen atoms in total. The molecule has 1 saturated carbocycles. The fourth-order valence-corrected chi connectivity index (χ4v) is 11.0. The monoisotopic (exact) mass is 628 g/mol. The first-order chi connectivity index (χ1) is 22.1. The number of hydrogen-bond donors (Lipinski definition) is 2. The molecule has 10 heteroatoms. The van der Waals surface area contributed by atoms with Gasteiger partial charge < -0.3 is 34.1 Å². The number of rotatable bonds is 2. The number of Topliss-reactive ketones (excluding diaryl/α,β-unsaturated/α-hetero) is 1. The first-order valence-electron chi connectivity index (χ1n) is 16.4. The highest BCUT2D eigenvalue weighted by Crippen LogP contribution is 2.65. The normalized spacial score (nSPS) is 40.2. The second kappa shape index (κ2) is 9.13. The summed E-state index contributed by atoms with van der Waals surface area (Å²) in [5.41, 5.74) is 1.12. The van der Waals surface area contributed by atoms with Gasteiger partial charge in [-0.05, 0) is 94.7 Å². The number of likely N-dealkylation sites (N-methyl/N-ethyl adjacent to an activating group) is 2.